The van der Waals surface area contributed by atoms with Gasteiger partial charge in [0.15, 0.2) is 6.29 Å². The summed E-state index contributed by atoms with van der Waals surface area (Å²) in [5.74, 6) is 0. The number of allylic oxidation sites excluding steroid dienone is 2. The molecule has 1 heterocycles. The fourth-order valence-electron chi connectivity index (χ4n) is 3.20. The minimum Gasteiger partial charge on any atom is -0.353 e. The Morgan fingerprint density at radius 1 is 0.920 bits per heavy atom. The minimum absolute atomic E-state index is 0.0380. The van der Waals surface area contributed by atoms with Crippen molar-refractivity contribution in [1.82, 2.24) is 0 Å². The molecule has 0 radical (unpaired) electrons. The van der Waals surface area contributed by atoms with E-state index in [0.29, 0.717) is 6.42 Å². The third-order valence-electron chi connectivity index (χ3n) is 4.73. The van der Waals surface area contributed by atoms with E-state index in [1.54, 1.807) is 6.08 Å². The van der Waals surface area contributed by atoms with Crippen molar-refractivity contribution < 1.29 is 19.1 Å². The maximum absolute atomic E-state index is 7.73. The maximum atomic E-state index is 7.73. The Morgan fingerprint density at radius 2 is 1.60 bits per heavy atom. The van der Waals surface area contributed by atoms with Crippen LogP contribution in [0.5, 0.6) is 0 Å². The number of rotatable bonds is 17. The molecule has 0 aromatic carbocycles. The highest BCUT2D eigenvalue weighted by molar-refractivity contribution is 4.80. The summed E-state index contributed by atoms with van der Waals surface area (Å²) in [6, 6.07) is 0. The molecule has 148 valence electrons. The molecule has 1 aliphatic rings. The van der Waals surface area contributed by atoms with Crippen LogP contribution in [0.4, 0.5) is 0 Å². The Bertz CT molecular complexity index is 501. The molecule has 0 aliphatic carbocycles. The van der Waals surface area contributed by atoms with Gasteiger partial charge in [0.1, 0.15) is 0 Å². The summed E-state index contributed by atoms with van der Waals surface area (Å²) in [5.41, 5.74) is 0. The lowest BCUT2D eigenvalue weighted by Crippen LogP contribution is -2.22. The molecule has 1 unspecified atom stereocenters. The average molecular weight is 360 g/mol. The summed E-state index contributed by atoms with van der Waals surface area (Å²) in [6.45, 7) is -1.33. The van der Waals surface area contributed by atoms with Crippen LogP contribution in [0.15, 0.2) is 12.2 Å². The highest BCUT2D eigenvalue weighted by Crippen LogP contribution is 2.15. The Morgan fingerprint density at radius 3 is 2.24 bits per heavy atom. The van der Waals surface area contributed by atoms with Crippen LogP contribution in [0.2, 0.25) is 0 Å². The molecule has 1 saturated heterocycles. The summed E-state index contributed by atoms with van der Waals surface area (Å²) < 4.78 is 63.5. The molecule has 0 amide bonds. The van der Waals surface area contributed by atoms with E-state index in [2.05, 4.69) is 0 Å². The smallest absolute Gasteiger partial charge is 0.157 e. The third kappa shape index (κ3) is 15.6. The molecule has 0 saturated carbocycles. The van der Waals surface area contributed by atoms with Crippen molar-refractivity contribution in [2.24, 2.45) is 0 Å². The first-order valence-corrected chi connectivity index (χ1v) is 10.5. The fourth-order valence-corrected chi connectivity index (χ4v) is 3.20. The standard InChI is InChI=1S/C23H44O2/c1-2-3-4-5-6-7-8-9-10-11-12-13-14-15-16-18-21-24-23-20-17-19-22-25-23/h4-5,23H,2-3,6-22H2,1H3/b5-4-/i1D3,2D2,3D2. The van der Waals surface area contributed by atoms with Crippen LogP contribution >= 0.6 is 0 Å². The fraction of sp³-hybridized carbons (Fsp3) is 0.913. The van der Waals surface area contributed by atoms with E-state index in [1.807, 2.05) is 0 Å². The van der Waals surface area contributed by atoms with Crippen molar-refractivity contribution in [2.75, 3.05) is 13.2 Å². The topological polar surface area (TPSA) is 18.5 Å². The van der Waals surface area contributed by atoms with Gasteiger partial charge in [0.25, 0.3) is 0 Å². The molecular weight excluding hydrogens is 308 g/mol. The quantitative estimate of drug-likeness (QED) is 0.197. The van der Waals surface area contributed by atoms with E-state index in [1.165, 1.54) is 51.4 Å². The Labute approximate surface area is 167 Å². The van der Waals surface area contributed by atoms with Gasteiger partial charge < -0.3 is 9.47 Å². The molecule has 1 fully saturated rings. The van der Waals surface area contributed by atoms with Crippen LogP contribution in [0, 0.1) is 0 Å². The second-order valence-corrected chi connectivity index (χ2v) is 7.02. The lowest BCUT2D eigenvalue weighted by Gasteiger charge is -2.22. The molecule has 25 heavy (non-hydrogen) atoms. The zero-order chi connectivity index (χ0) is 23.9. The third-order valence-corrected chi connectivity index (χ3v) is 4.73. The largest absolute Gasteiger partial charge is 0.353 e. The van der Waals surface area contributed by atoms with Gasteiger partial charge >= 0.3 is 0 Å². The average Bonchev–Trinajstić information content (AvgIpc) is 2.73. The van der Waals surface area contributed by atoms with Gasteiger partial charge in [-0.25, -0.2) is 0 Å². The van der Waals surface area contributed by atoms with Gasteiger partial charge in [-0.05, 0) is 44.9 Å². The highest BCUT2D eigenvalue weighted by atomic mass is 16.7. The SMILES string of the molecule is [2H]C([2H])([2H])C([2H])([2H])C([2H])([2H])/C=C\CCCCCCCCCCCCCOC1CCCCO1. The van der Waals surface area contributed by atoms with E-state index >= 15 is 0 Å². The van der Waals surface area contributed by atoms with Crippen LogP contribution in [0.1, 0.15) is 126 Å². The van der Waals surface area contributed by atoms with Crippen LogP contribution in [-0.4, -0.2) is 19.5 Å². The van der Waals surface area contributed by atoms with Gasteiger partial charge in [-0.15, -0.1) is 0 Å². The van der Waals surface area contributed by atoms with Crippen LogP contribution in [-0.2, 0) is 9.47 Å². The van der Waals surface area contributed by atoms with Crippen LogP contribution in [0.3, 0.4) is 0 Å². The van der Waals surface area contributed by atoms with Gasteiger partial charge in [0.2, 0.25) is 0 Å². The highest BCUT2D eigenvalue weighted by Gasteiger charge is 2.13. The summed E-state index contributed by atoms with van der Waals surface area (Å²) >= 11 is 0. The first kappa shape index (κ1) is 13.8. The number of ether oxygens (including phenoxy) is 2. The lowest BCUT2D eigenvalue weighted by molar-refractivity contribution is -0.162. The zero-order valence-electron chi connectivity index (χ0n) is 23.1. The predicted molar refractivity (Wildman–Crippen MR) is 109 cm³/mol. The molecule has 1 rings (SSSR count). The Kier molecular flexibility index (Phi) is 10.2. The summed E-state index contributed by atoms with van der Waals surface area (Å²) in [7, 11) is 0. The molecule has 2 nitrogen and oxygen atoms in total. The number of hydrogen-bond donors (Lipinski definition) is 0. The van der Waals surface area contributed by atoms with Crippen molar-refractivity contribution >= 4 is 0 Å². The predicted octanol–water partition coefficient (Wildman–Crippen LogP) is 7.57. The Hall–Kier alpha value is -0.340. The molecule has 0 bridgehead atoms. The Balaban J connectivity index is 1.89. The second-order valence-electron chi connectivity index (χ2n) is 7.02. The lowest BCUT2D eigenvalue weighted by atomic mass is 10.1. The first-order valence-electron chi connectivity index (χ1n) is 14.0. The normalized spacial score (nSPS) is 24.0. The maximum Gasteiger partial charge on any atom is 0.157 e. The summed E-state index contributed by atoms with van der Waals surface area (Å²) in [6.07, 6.45) is 14.4. The van der Waals surface area contributed by atoms with Crippen molar-refractivity contribution in [3.05, 3.63) is 12.2 Å². The minimum atomic E-state index is -2.99. The van der Waals surface area contributed by atoms with Crippen molar-refractivity contribution in [3.63, 3.8) is 0 Å². The number of hydrogen-bond acceptors (Lipinski definition) is 2. The number of unbranched alkanes of at least 4 members (excludes halogenated alkanes) is 11. The van der Waals surface area contributed by atoms with Gasteiger partial charge in [-0.3, -0.25) is 0 Å². The molecular formula is C23H44O2. The second kappa shape index (κ2) is 18.5. The van der Waals surface area contributed by atoms with E-state index in [0.717, 1.165) is 57.8 Å². The van der Waals surface area contributed by atoms with Crippen molar-refractivity contribution in [3.8, 4) is 0 Å². The monoisotopic (exact) mass is 359 g/mol. The van der Waals surface area contributed by atoms with E-state index in [9.17, 15) is 0 Å². The van der Waals surface area contributed by atoms with E-state index < -0.39 is 19.6 Å². The van der Waals surface area contributed by atoms with Crippen LogP contribution < -0.4 is 0 Å². The van der Waals surface area contributed by atoms with E-state index in [-0.39, 0.29) is 6.29 Å². The van der Waals surface area contributed by atoms with Gasteiger partial charge in [0.05, 0.1) is 0 Å². The molecule has 0 N–H and O–H groups in total. The summed E-state index contributed by atoms with van der Waals surface area (Å²) in [4.78, 5) is 0. The van der Waals surface area contributed by atoms with Gasteiger partial charge in [0, 0.05) is 22.8 Å². The summed E-state index contributed by atoms with van der Waals surface area (Å²) in [5, 5.41) is 0. The molecule has 2 heteroatoms. The van der Waals surface area contributed by atoms with Crippen LogP contribution in [0.25, 0.3) is 0 Å². The molecule has 1 atom stereocenters. The van der Waals surface area contributed by atoms with Crippen molar-refractivity contribution in [2.45, 2.75) is 122 Å². The zero-order valence-corrected chi connectivity index (χ0v) is 16.1. The molecule has 0 aromatic rings. The van der Waals surface area contributed by atoms with Gasteiger partial charge in [-0.1, -0.05) is 83.2 Å². The molecule has 1 aliphatic heterocycles. The molecule has 0 aromatic heterocycles. The molecule has 0 spiro atoms. The van der Waals surface area contributed by atoms with Crippen molar-refractivity contribution in [1.29, 1.82) is 0 Å². The first-order chi connectivity index (χ1) is 15.1. The van der Waals surface area contributed by atoms with E-state index in [4.69, 9.17) is 19.1 Å². The van der Waals surface area contributed by atoms with Gasteiger partial charge in [-0.2, -0.15) is 0 Å².